The Balaban J connectivity index is 1.64. The first-order valence-electron chi connectivity index (χ1n) is 13.3. The number of ether oxygens (including phenoxy) is 3. The molecule has 4 aromatic rings. The number of carbonyl (C=O) groups is 2. The van der Waals surface area contributed by atoms with Crippen LogP contribution in [0.4, 0.5) is 5.69 Å². The molecular formula is C32H29N3O7S. The zero-order valence-electron chi connectivity index (χ0n) is 23.9. The largest absolute Gasteiger partial charge is 0.496 e. The molecule has 0 saturated heterocycles. The zero-order chi connectivity index (χ0) is 30.7. The number of rotatable bonds is 9. The number of allylic oxidation sites excluding steroid dienone is 1. The van der Waals surface area contributed by atoms with Crippen molar-refractivity contribution in [2.45, 2.75) is 19.9 Å². The SMILES string of the molecule is COc1cc([C@@H]2C(C(=O)Nc3ccccc3)=C(C)N=c3s/c(=C\c4ccc(OCC(=O)O)c(OC)c4)c(=O)n32)ccc1C. The Labute approximate surface area is 250 Å². The van der Waals surface area contributed by atoms with Crippen molar-refractivity contribution >= 4 is 35.0 Å². The monoisotopic (exact) mass is 599 g/mol. The molecule has 0 bridgehead atoms. The summed E-state index contributed by atoms with van der Waals surface area (Å²) in [5, 5.41) is 11.9. The number of thiazole rings is 1. The van der Waals surface area contributed by atoms with E-state index in [0.29, 0.717) is 48.9 Å². The minimum absolute atomic E-state index is 0.265. The molecule has 1 atom stereocenters. The Hall–Kier alpha value is -5.16. The van der Waals surface area contributed by atoms with Gasteiger partial charge in [0.15, 0.2) is 22.9 Å². The predicted octanol–water partition coefficient (Wildman–Crippen LogP) is 3.66. The highest BCUT2D eigenvalue weighted by Gasteiger charge is 2.33. The maximum Gasteiger partial charge on any atom is 0.341 e. The number of hydrogen-bond donors (Lipinski definition) is 2. The highest BCUT2D eigenvalue weighted by atomic mass is 32.1. The molecule has 1 aromatic heterocycles. The van der Waals surface area contributed by atoms with Crippen LogP contribution in [0.2, 0.25) is 0 Å². The number of fused-ring (bicyclic) bond motifs is 1. The number of benzene rings is 3. The lowest BCUT2D eigenvalue weighted by molar-refractivity contribution is -0.139. The highest BCUT2D eigenvalue weighted by molar-refractivity contribution is 7.07. The Kier molecular flexibility index (Phi) is 8.44. The number of carbonyl (C=O) groups excluding carboxylic acids is 1. The molecule has 1 aliphatic heterocycles. The predicted molar refractivity (Wildman–Crippen MR) is 163 cm³/mol. The normalized spacial score (nSPS) is 14.5. The Morgan fingerprint density at radius 3 is 2.44 bits per heavy atom. The van der Waals surface area contributed by atoms with Gasteiger partial charge in [0.1, 0.15) is 5.75 Å². The quantitative estimate of drug-likeness (QED) is 0.301. The lowest BCUT2D eigenvalue weighted by Crippen LogP contribution is -2.40. The molecule has 10 nitrogen and oxygen atoms in total. The summed E-state index contributed by atoms with van der Waals surface area (Å²) in [4.78, 5) is 43.8. The third-order valence-corrected chi connectivity index (χ3v) is 7.87. The lowest BCUT2D eigenvalue weighted by atomic mass is 9.94. The van der Waals surface area contributed by atoms with Crippen molar-refractivity contribution in [1.82, 2.24) is 4.57 Å². The molecule has 0 radical (unpaired) electrons. The molecule has 3 aromatic carbocycles. The van der Waals surface area contributed by atoms with Gasteiger partial charge in [-0.25, -0.2) is 9.79 Å². The smallest absolute Gasteiger partial charge is 0.341 e. The van der Waals surface area contributed by atoms with Crippen LogP contribution in [0.15, 0.2) is 87.8 Å². The maximum atomic E-state index is 14.0. The Morgan fingerprint density at radius 2 is 1.74 bits per heavy atom. The van der Waals surface area contributed by atoms with E-state index in [1.54, 1.807) is 50.4 Å². The van der Waals surface area contributed by atoms with E-state index >= 15 is 0 Å². The first-order valence-corrected chi connectivity index (χ1v) is 14.1. The summed E-state index contributed by atoms with van der Waals surface area (Å²) < 4.78 is 18.2. The number of carboxylic acids is 1. The van der Waals surface area contributed by atoms with E-state index in [1.165, 1.54) is 23.0 Å². The van der Waals surface area contributed by atoms with Gasteiger partial charge >= 0.3 is 5.97 Å². The van der Waals surface area contributed by atoms with E-state index in [0.717, 1.165) is 5.56 Å². The van der Waals surface area contributed by atoms with Crippen molar-refractivity contribution in [1.29, 1.82) is 0 Å². The van der Waals surface area contributed by atoms with Crippen molar-refractivity contribution < 1.29 is 28.9 Å². The van der Waals surface area contributed by atoms with Gasteiger partial charge < -0.3 is 24.6 Å². The molecule has 2 heterocycles. The van der Waals surface area contributed by atoms with Gasteiger partial charge in [0.25, 0.3) is 11.5 Å². The third-order valence-electron chi connectivity index (χ3n) is 6.88. The number of anilines is 1. The molecule has 0 unspecified atom stereocenters. The molecular weight excluding hydrogens is 570 g/mol. The van der Waals surface area contributed by atoms with E-state index in [2.05, 4.69) is 10.3 Å². The Bertz CT molecular complexity index is 1930. The van der Waals surface area contributed by atoms with Crippen molar-refractivity contribution in [2.75, 3.05) is 26.1 Å². The van der Waals surface area contributed by atoms with Gasteiger partial charge in [0, 0.05) is 5.69 Å². The summed E-state index contributed by atoms with van der Waals surface area (Å²) in [6.45, 7) is 3.16. The molecule has 220 valence electrons. The summed E-state index contributed by atoms with van der Waals surface area (Å²) in [6, 6.07) is 18.9. The fourth-order valence-corrected chi connectivity index (χ4v) is 5.88. The van der Waals surface area contributed by atoms with Crippen LogP contribution in [-0.4, -0.2) is 42.4 Å². The number of aromatic nitrogens is 1. The molecule has 5 rings (SSSR count). The average molecular weight is 600 g/mol. The molecule has 1 amide bonds. The van der Waals surface area contributed by atoms with Crippen LogP contribution < -0.4 is 34.4 Å². The third kappa shape index (κ3) is 6.07. The number of methoxy groups -OCH3 is 2. The molecule has 43 heavy (non-hydrogen) atoms. The van der Waals surface area contributed by atoms with Gasteiger partial charge in [-0.05, 0) is 66.9 Å². The number of nitrogens with one attached hydrogen (secondary N) is 1. The number of aliphatic carboxylic acids is 1. The first-order chi connectivity index (χ1) is 20.7. The number of amides is 1. The van der Waals surface area contributed by atoms with Gasteiger partial charge in [-0.2, -0.15) is 0 Å². The fraction of sp³-hybridized carbons (Fsp3) is 0.188. The van der Waals surface area contributed by atoms with Crippen molar-refractivity contribution in [3.8, 4) is 17.2 Å². The van der Waals surface area contributed by atoms with Crippen LogP contribution in [0, 0.1) is 6.92 Å². The molecule has 0 aliphatic carbocycles. The van der Waals surface area contributed by atoms with Crippen molar-refractivity contribution in [3.63, 3.8) is 0 Å². The molecule has 0 fully saturated rings. The van der Waals surface area contributed by atoms with Gasteiger partial charge in [0.05, 0.1) is 36.1 Å². The van der Waals surface area contributed by atoms with Gasteiger partial charge in [-0.1, -0.05) is 47.7 Å². The van der Waals surface area contributed by atoms with E-state index in [1.807, 2.05) is 43.3 Å². The number of carboxylic acid groups (broad SMARTS) is 1. The summed E-state index contributed by atoms with van der Waals surface area (Å²) in [5.74, 6) is -0.257. The number of nitrogens with zero attached hydrogens (tertiary/aromatic N) is 2. The summed E-state index contributed by atoms with van der Waals surface area (Å²) >= 11 is 1.20. The number of para-hydroxylation sites is 1. The van der Waals surface area contributed by atoms with Crippen LogP contribution >= 0.6 is 11.3 Å². The molecule has 2 N–H and O–H groups in total. The highest BCUT2D eigenvalue weighted by Crippen LogP contribution is 2.34. The first kappa shape index (κ1) is 29.3. The minimum Gasteiger partial charge on any atom is -0.496 e. The fourth-order valence-electron chi connectivity index (χ4n) is 4.84. The van der Waals surface area contributed by atoms with Gasteiger partial charge in [-0.3, -0.25) is 14.2 Å². The van der Waals surface area contributed by atoms with E-state index in [9.17, 15) is 14.4 Å². The van der Waals surface area contributed by atoms with Crippen LogP contribution in [0.25, 0.3) is 6.08 Å². The van der Waals surface area contributed by atoms with Crippen molar-refractivity contribution in [2.24, 2.45) is 4.99 Å². The molecule has 0 spiro atoms. The standard InChI is InChI=1S/C32H29N3O7S/c1-18-10-12-21(16-24(18)40-3)29-28(30(38)34-22-8-6-5-7-9-22)19(2)33-32-35(29)31(39)26(43-32)15-20-11-13-23(25(14-20)41-4)42-17-27(36)37/h5-16,29H,17H2,1-4H3,(H,34,38)(H,36,37)/b26-15-/t29-/m1/s1. The van der Waals surface area contributed by atoms with E-state index in [-0.39, 0.29) is 17.2 Å². The summed E-state index contributed by atoms with van der Waals surface area (Å²) in [6.07, 6.45) is 1.70. The summed E-state index contributed by atoms with van der Waals surface area (Å²) in [5.41, 5.74) is 3.38. The second-order valence-electron chi connectivity index (χ2n) is 9.72. The van der Waals surface area contributed by atoms with Gasteiger partial charge in [-0.15, -0.1) is 0 Å². The van der Waals surface area contributed by atoms with Crippen LogP contribution in [-0.2, 0) is 9.59 Å². The number of hydrogen-bond acceptors (Lipinski definition) is 8. The summed E-state index contributed by atoms with van der Waals surface area (Å²) in [7, 11) is 3.02. The lowest BCUT2D eigenvalue weighted by Gasteiger charge is -2.26. The van der Waals surface area contributed by atoms with Crippen LogP contribution in [0.1, 0.15) is 29.7 Å². The topological polar surface area (TPSA) is 128 Å². The Morgan fingerprint density at radius 1 is 1.00 bits per heavy atom. The van der Waals surface area contributed by atoms with Crippen molar-refractivity contribution in [3.05, 3.63) is 114 Å². The second-order valence-corrected chi connectivity index (χ2v) is 10.7. The average Bonchev–Trinajstić information content (AvgIpc) is 3.30. The van der Waals surface area contributed by atoms with Crippen LogP contribution in [0.5, 0.6) is 17.2 Å². The van der Waals surface area contributed by atoms with E-state index < -0.39 is 18.6 Å². The molecule has 1 aliphatic rings. The molecule has 11 heteroatoms. The minimum atomic E-state index is -1.11. The second kappa shape index (κ2) is 12.4. The van der Waals surface area contributed by atoms with Crippen LogP contribution in [0.3, 0.4) is 0 Å². The zero-order valence-corrected chi connectivity index (χ0v) is 24.7. The molecule has 0 saturated carbocycles. The number of aryl methyl sites for hydroxylation is 1. The van der Waals surface area contributed by atoms with E-state index in [4.69, 9.17) is 19.3 Å². The van der Waals surface area contributed by atoms with Gasteiger partial charge in [0.2, 0.25) is 0 Å². The maximum absolute atomic E-state index is 14.0.